The summed E-state index contributed by atoms with van der Waals surface area (Å²) in [4.78, 5) is 2.79. The molecule has 2 nitrogen and oxygen atoms in total. The van der Waals surface area contributed by atoms with E-state index in [9.17, 15) is 0 Å². The largest absolute Gasteiger partial charge is 1.00 e. The van der Waals surface area contributed by atoms with Gasteiger partial charge in [0.25, 0.3) is 0 Å². The van der Waals surface area contributed by atoms with E-state index in [0.29, 0.717) is 0 Å². The maximum atomic E-state index is 2.79. The molecule has 278 valence electrons. The average Bonchev–Trinajstić information content (AvgIpc) is 2.98. The van der Waals surface area contributed by atoms with Crippen LogP contribution in [0.3, 0.4) is 0 Å². The third kappa shape index (κ3) is 51.5. The van der Waals surface area contributed by atoms with Gasteiger partial charge in [-0.25, -0.2) is 0 Å². The summed E-state index contributed by atoms with van der Waals surface area (Å²) in [5.74, 6) is 0. The average molecular weight is 682 g/mol. The summed E-state index contributed by atoms with van der Waals surface area (Å²) >= 11 is 0. The molecule has 0 aromatic carbocycles. The quantitative estimate of drug-likeness (QED) is 0.0483. The van der Waals surface area contributed by atoms with E-state index in [1.54, 1.807) is 0 Å². The SMILES string of the molecule is CCCCCCCCCCCCCC[N+](C)(C)C.CCCCCCCCN(CCCCCCCC)CCCCCCCC.Cl.[Cl-]. The zero-order chi connectivity index (χ0) is 32.1. The van der Waals surface area contributed by atoms with Crippen LogP contribution in [0.1, 0.15) is 220 Å². The normalized spacial score (nSPS) is 11.2. The van der Waals surface area contributed by atoms with Gasteiger partial charge in [-0.2, -0.15) is 0 Å². The van der Waals surface area contributed by atoms with Crippen molar-refractivity contribution in [1.82, 2.24) is 4.90 Å². The maximum absolute atomic E-state index is 2.79. The minimum absolute atomic E-state index is 0. The van der Waals surface area contributed by atoms with Crippen molar-refractivity contribution in [1.29, 1.82) is 0 Å². The topological polar surface area (TPSA) is 3.24 Å². The van der Waals surface area contributed by atoms with E-state index in [4.69, 9.17) is 0 Å². The first-order valence-corrected chi connectivity index (χ1v) is 20.4. The summed E-state index contributed by atoms with van der Waals surface area (Å²) in [6, 6.07) is 0. The third-order valence-electron chi connectivity index (χ3n) is 9.17. The zero-order valence-electron chi connectivity index (χ0n) is 32.7. The minimum atomic E-state index is 0. The molecule has 0 bridgehead atoms. The van der Waals surface area contributed by atoms with E-state index in [1.165, 1.54) is 219 Å². The monoisotopic (exact) mass is 681 g/mol. The number of rotatable bonds is 34. The summed E-state index contributed by atoms with van der Waals surface area (Å²) in [6.45, 7) is 14.6. The molecule has 0 aliphatic carbocycles. The van der Waals surface area contributed by atoms with Gasteiger partial charge in [0.1, 0.15) is 0 Å². The van der Waals surface area contributed by atoms with Crippen LogP contribution in [0.15, 0.2) is 0 Å². The number of quaternary nitrogens is 1. The Labute approximate surface area is 300 Å². The van der Waals surface area contributed by atoms with Crippen LogP contribution in [-0.2, 0) is 0 Å². The van der Waals surface area contributed by atoms with Crippen molar-refractivity contribution < 1.29 is 16.9 Å². The van der Waals surface area contributed by atoms with Gasteiger partial charge in [0.05, 0.1) is 27.7 Å². The zero-order valence-corrected chi connectivity index (χ0v) is 34.3. The molecule has 0 aliphatic heterocycles. The van der Waals surface area contributed by atoms with Crippen LogP contribution in [0.5, 0.6) is 0 Å². The van der Waals surface area contributed by atoms with Crippen molar-refractivity contribution in [3.8, 4) is 0 Å². The van der Waals surface area contributed by atoms with E-state index in [1.807, 2.05) is 0 Å². The van der Waals surface area contributed by atoms with E-state index < -0.39 is 0 Å². The first-order chi connectivity index (χ1) is 20.9. The number of nitrogens with zero attached hydrogens (tertiary/aromatic N) is 2. The summed E-state index contributed by atoms with van der Waals surface area (Å²) in [7, 11) is 6.87. The highest BCUT2D eigenvalue weighted by atomic mass is 35.5. The van der Waals surface area contributed by atoms with Crippen LogP contribution >= 0.6 is 12.4 Å². The van der Waals surface area contributed by atoms with Crippen LogP contribution in [0, 0.1) is 0 Å². The Hall–Kier alpha value is 0.500. The van der Waals surface area contributed by atoms with Gasteiger partial charge < -0.3 is 21.8 Å². The second-order valence-corrected chi connectivity index (χ2v) is 15.0. The van der Waals surface area contributed by atoms with Crippen LogP contribution < -0.4 is 12.4 Å². The predicted octanol–water partition coefficient (Wildman–Crippen LogP) is 11.2. The summed E-state index contributed by atoms with van der Waals surface area (Å²) < 4.78 is 1.12. The molecule has 0 unspecified atom stereocenters. The van der Waals surface area contributed by atoms with Crippen LogP contribution in [0.4, 0.5) is 0 Å². The molecule has 0 aromatic rings. The Kier molecular flexibility index (Phi) is 51.7. The van der Waals surface area contributed by atoms with Crippen molar-refractivity contribution in [2.45, 2.75) is 220 Å². The summed E-state index contributed by atoms with van der Waals surface area (Å²) in [6.07, 6.45) is 43.1. The van der Waals surface area contributed by atoms with Gasteiger partial charge in [-0.3, -0.25) is 0 Å². The standard InChI is InChI=1S/C24H51N.C17H38N.2ClH/c1-4-7-10-13-16-19-22-25(23-20-17-14-11-8-5-2)24-21-18-15-12-9-6-3;1-5-6-7-8-9-10-11-12-13-14-15-16-17-18(2,3)4;;/h4-24H2,1-3H3;5-17H2,1-4H3;2*1H/q;+1;;/p-1. The molecule has 0 heterocycles. The highest BCUT2D eigenvalue weighted by Crippen LogP contribution is 2.13. The Morgan fingerprint density at radius 3 is 0.733 bits per heavy atom. The van der Waals surface area contributed by atoms with Gasteiger partial charge in [-0.05, 0) is 51.7 Å². The molecule has 0 aromatic heterocycles. The van der Waals surface area contributed by atoms with E-state index in [0.717, 1.165) is 4.48 Å². The lowest BCUT2D eigenvalue weighted by molar-refractivity contribution is -0.870. The summed E-state index contributed by atoms with van der Waals surface area (Å²) in [5.41, 5.74) is 0. The molecule has 0 radical (unpaired) electrons. The fraction of sp³-hybridized carbons (Fsp3) is 1.00. The van der Waals surface area contributed by atoms with Crippen LogP contribution in [-0.4, -0.2) is 56.7 Å². The highest BCUT2D eigenvalue weighted by Gasteiger charge is 2.06. The third-order valence-corrected chi connectivity index (χ3v) is 9.17. The van der Waals surface area contributed by atoms with Gasteiger partial charge in [0.15, 0.2) is 0 Å². The number of hydrogen-bond donors (Lipinski definition) is 0. The second kappa shape index (κ2) is 44.5. The molecule has 0 rings (SSSR count). The molecule has 0 saturated carbocycles. The molecular weight excluding hydrogens is 591 g/mol. The summed E-state index contributed by atoms with van der Waals surface area (Å²) in [5, 5.41) is 0. The lowest BCUT2D eigenvalue weighted by atomic mass is 10.1. The van der Waals surface area contributed by atoms with Crippen LogP contribution in [0.25, 0.3) is 0 Å². The van der Waals surface area contributed by atoms with Crippen LogP contribution in [0.2, 0.25) is 0 Å². The smallest absolute Gasteiger partial charge is 0.0780 e. The molecule has 45 heavy (non-hydrogen) atoms. The molecule has 0 saturated heterocycles. The van der Waals surface area contributed by atoms with E-state index in [-0.39, 0.29) is 24.8 Å². The molecule has 0 N–H and O–H groups in total. The minimum Gasteiger partial charge on any atom is -1.00 e. The second-order valence-electron chi connectivity index (χ2n) is 15.0. The van der Waals surface area contributed by atoms with Gasteiger partial charge in [0.2, 0.25) is 0 Å². The number of unbranched alkanes of at least 4 members (excludes halogenated alkanes) is 26. The van der Waals surface area contributed by atoms with Gasteiger partial charge in [-0.15, -0.1) is 12.4 Å². The first kappa shape index (κ1) is 52.3. The Morgan fingerprint density at radius 1 is 0.311 bits per heavy atom. The van der Waals surface area contributed by atoms with Crippen molar-refractivity contribution in [2.24, 2.45) is 0 Å². The highest BCUT2D eigenvalue weighted by molar-refractivity contribution is 5.85. The van der Waals surface area contributed by atoms with Gasteiger partial charge in [-0.1, -0.05) is 188 Å². The number of halogens is 2. The molecule has 0 spiro atoms. The predicted molar refractivity (Wildman–Crippen MR) is 208 cm³/mol. The van der Waals surface area contributed by atoms with Gasteiger partial charge in [0, 0.05) is 0 Å². The Morgan fingerprint density at radius 2 is 0.511 bits per heavy atom. The first-order valence-electron chi connectivity index (χ1n) is 20.4. The number of hydrogen-bond acceptors (Lipinski definition) is 1. The maximum Gasteiger partial charge on any atom is 0.0780 e. The van der Waals surface area contributed by atoms with Crippen molar-refractivity contribution in [3.05, 3.63) is 0 Å². The Bertz CT molecular complexity index is 443. The molecule has 4 heteroatoms. The fourth-order valence-corrected chi connectivity index (χ4v) is 6.11. The lowest BCUT2D eigenvalue weighted by Gasteiger charge is -2.23. The molecule has 0 fully saturated rings. The molecule has 0 aliphatic rings. The van der Waals surface area contributed by atoms with Gasteiger partial charge >= 0.3 is 0 Å². The van der Waals surface area contributed by atoms with Crippen molar-refractivity contribution >= 4 is 12.4 Å². The molecular formula is C41H90Cl2N2. The lowest BCUT2D eigenvalue weighted by Crippen LogP contribution is -3.00. The molecule has 0 atom stereocenters. The molecule has 0 amide bonds. The van der Waals surface area contributed by atoms with Crippen molar-refractivity contribution in [2.75, 3.05) is 47.3 Å². The van der Waals surface area contributed by atoms with E-state index in [2.05, 4.69) is 53.7 Å². The van der Waals surface area contributed by atoms with Crippen molar-refractivity contribution in [3.63, 3.8) is 0 Å². The fourth-order valence-electron chi connectivity index (χ4n) is 6.11. The van der Waals surface area contributed by atoms with E-state index >= 15 is 0 Å². The Balaban J connectivity index is -0.000000375.